The van der Waals surface area contributed by atoms with Crippen LogP contribution in [0, 0.1) is 0 Å². The monoisotopic (exact) mass is 360 g/mol. The SMILES string of the molecule is CC1CC(c2ncc3[nH]c(-c4ccccc4C(F)(F)F)cc3n2)CCN1. The zero-order valence-electron chi connectivity index (χ0n) is 14.3. The van der Waals surface area contributed by atoms with Crippen LogP contribution in [0.25, 0.3) is 22.3 Å². The first-order chi connectivity index (χ1) is 12.4. The molecule has 2 atom stereocenters. The molecule has 1 aliphatic rings. The van der Waals surface area contributed by atoms with Gasteiger partial charge in [0, 0.05) is 23.2 Å². The molecule has 1 aliphatic heterocycles. The fourth-order valence-electron chi connectivity index (χ4n) is 3.61. The first-order valence-electron chi connectivity index (χ1n) is 8.67. The standard InChI is InChI=1S/C19H19F3N4/c1-11-8-12(6-7-23-11)18-24-10-17-16(26-18)9-15(25-17)13-4-2-3-5-14(13)19(20,21)22/h2-5,9-12,23,25H,6-8H2,1H3. The number of hydrogen-bond acceptors (Lipinski definition) is 3. The summed E-state index contributed by atoms with van der Waals surface area (Å²) in [6, 6.07) is 7.64. The van der Waals surface area contributed by atoms with Crippen LogP contribution in [0.15, 0.2) is 36.5 Å². The van der Waals surface area contributed by atoms with Crippen LogP contribution < -0.4 is 5.32 Å². The van der Waals surface area contributed by atoms with Gasteiger partial charge < -0.3 is 10.3 Å². The van der Waals surface area contributed by atoms with Crippen molar-refractivity contribution in [3.05, 3.63) is 47.9 Å². The van der Waals surface area contributed by atoms with Gasteiger partial charge in [-0.25, -0.2) is 9.97 Å². The summed E-state index contributed by atoms with van der Waals surface area (Å²) in [6.07, 6.45) is -0.816. The molecular weight excluding hydrogens is 341 g/mol. The highest BCUT2D eigenvalue weighted by Gasteiger charge is 2.33. The van der Waals surface area contributed by atoms with Crippen LogP contribution in [-0.2, 0) is 6.18 Å². The molecule has 3 heterocycles. The molecule has 2 unspecified atom stereocenters. The summed E-state index contributed by atoms with van der Waals surface area (Å²) in [6.45, 7) is 3.05. The normalized spacial score (nSPS) is 21.2. The minimum absolute atomic E-state index is 0.120. The molecule has 0 radical (unpaired) electrons. The summed E-state index contributed by atoms with van der Waals surface area (Å²) in [5.74, 6) is 1.04. The van der Waals surface area contributed by atoms with Crippen LogP contribution in [0.3, 0.4) is 0 Å². The Morgan fingerprint density at radius 2 is 2.00 bits per heavy atom. The zero-order valence-corrected chi connectivity index (χ0v) is 14.3. The van der Waals surface area contributed by atoms with Gasteiger partial charge in [0.25, 0.3) is 0 Å². The highest BCUT2D eigenvalue weighted by molar-refractivity contribution is 5.83. The number of piperidine rings is 1. The molecule has 7 heteroatoms. The molecule has 1 saturated heterocycles. The lowest BCUT2D eigenvalue weighted by Gasteiger charge is -2.26. The Morgan fingerprint density at radius 3 is 2.77 bits per heavy atom. The van der Waals surface area contributed by atoms with Crippen LogP contribution in [0.4, 0.5) is 13.2 Å². The fourth-order valence-corrected chi connectivity index (χ4v) is 3.61. The van der Waals surface area contributed by atoms with E-state index in [-0.39, 0.29) is 11.5 Å². The number of nitrogens with one attached hydrogen (secondary N) is 2. The molecule has 0 spiro atoms. The van der Waals surface area contributed by atoms with Crippen molar-refractivity contribution >= 4 is 11.0 Å². The number of hydrogen-bond donors (Lipinski definition) is 2. The second kappa shape index (κ2) is 6.39. The second-order valence-corrected chi connectivity index (χ2v) is 6.83. The molecule has 0 saturated carbocycles. The van der Waals surface area contributed by atoms with E-state index in [2.05, 4.69) is 27.2 Å². The molecule has 4 rings (SSSR count). The molecule has 0 amide bonds. The molecule has 2 aromatic heterocycles. The second-order valence-electron chi connectivity index (χ2n) is 6.83. The first kappa shape index (κ1) is 17.0. The fraction of sp³-hybridized carbons (Fsp3) is 0.368. The topological polar surface area (TPSA) is 53.6 Å². The van der Waals surface area contributed by atoms with Gasteiger partial charge in [0.1, 0.15) is 5.82 Å². The van der Waals surface area contributed by atoms with E-state index in [1.165, 1.54) is 12.1 Å². The Balaban J connectivity index is 1.73. The summed E-state index contributed by atoms with van der Waals surface area (Å²) in [5, 5.41) is 3.40. The average molecular weight is 360 g/mol. The van der Waals surface area contributed by atoms with Crippen molar-refractivity contribution in [2.75, 3.05) is 6.54 Å². The molecule has 2 N–H and O–H groups in total. The highest BCUT2D eigenvalue weighted by atomic mass is 19.4. The van der Waals surface area contributed by atoms with Crippen molar-refractivity contribution in [3.63, 3.8) is 0 Å². The van der Waals surface area contributed by atoms with Gasteiger partial charge in [-0.15, -0.1) is 0 Å². The number of benzene rings is 1. The number of H-pyrrole nitrogens is 1. The summed E-state index contributed by atoms with van der Waals surface area (Å²) in [5.41, 5.74) is 1.15. The van der Waals surface area contributed by atoms with Gasteiger partial charge in [0.2, 0.25) is 0 Å². The number of nitrogens with zero attached hydrogens (tertiary/aromatic N) is 2. The van der Waals surface area contributed by atoms with Gasteiger partial charge in [-0.05, 0) is 38.4 Å². The number of fused-ring (bicyclic) bond motifs is 1. The van der Waals surface area contributed by atoms with E-state index in [1.54, 1.807) is 18.3 Å². The van der Waals surface area contributed by atoms with Gasteiger partial charge in [0.05, 0.1) is 22.8 Å². The van der Waals surface area contributed by atoms with Crippen molar-refractivity contribution in [3.8, 4) is 11.3 Å². The van der Waals surface area contributed by atoms with Crippen molar-refractivity contribution in [1.82, 2.24) is 20.3 Å². The van der Waals surface area contributed by atoms with Gasteiger partial charge >= 0.3 is 6.18 Å². The number of halogens is 3. The third kappa shape index (κ3) is 3.19. The molecular formula is C19H19F3N4. The lowest BCUT2D eigenvalue weighted by atomic mass is 9.92. The lowest BCUT2D eigenvalue weighted by Crippen LogP contribution is -2.35. The number of aromatic nitrogens is 3. The van der Waals surface area contributed by atoms with Crippen molar-refractivity contribution < 1.29 is 13.2 Å². The average Bonchev–Trinajstić information content (AvgIpc) is 3.04. The number of aromatic amines is 1. The molecule has 0 aliphatic carbocycles. The minimum Gasteiger partial charge on any atom is -0.352 e. The van der Waals surface area contributed by atoms with E-state index >= 15 is 0 Å². The summed E-state index contributed by atoms with van der Waals surface area (Å²) < 4.78 is 39.9. The summed E-state index contributed by atoms with van der Waals surface area (Å²) in [4.78, 5) is 12.1. The minimum atomic E-state index is -4.41. The molecule has 136 valence electrons. The van der Waals surface area contributed by atoms with E-state index in [0.717, 1.165) is 31.3 Å². The van der Waals surface area contributed by atoms with E-state index in [0.29, 0.717) is 22.8 Å². The maximum Gasteiger partial charge on any atom is 0.417 e. The zero-order chi connectivity index (χ0) is 18.3. The first-order valence-corrected chi connectivity index (χ1v) is 8.67. The van der Waals surface area contributed by atoms with E-state index in [4.69, 9.17) is 0 Å². The van der Waals surface area contributed by atoms with Gasteiger partial charge in [-0.1, -0.05) is 18.2 Å². The third-order valence-corrected chi connectivity index (χ3v) is 4.90. The molecule has 1 fully saturated rings. The van der Waals surface area contributed by atoms with Crippen LogP contribution in [0.2, 0.25) is 0 Å². The largest absolute Gasteiger partial charge is 0.417 e. The molecule has 4 nitrogen and oxygen atoms in total. The molecule has 1 aromatic carbocycles. The van der Waals surface area contributed by atoms with E-state index in [1.807, 2.05) is 0 Å². The number of alkyl halides is 3. The molecule has 0 bridgehead atoms. The van der Waals surface area contributed by atoms with E-state index in [9.17, 15) is 13.2 Å². The predicted octanol–water partition coefficient (Wildman–Crippen LogP) is 4.50. The maximum atomic E-state index is 13.3. The predicted molar refractivity (Wildman–Crippen MR) is 93.8 cm³/mol. The van der Waals surface area contributed by atoms with Crippen molar-refractivity contribution in [1.29, 1.82) is 0 Å². The summed E-state index contributed by atoms with van der Waals surface area (Å²) >= 11 is 0. The lowest BCUT2D eigenvalue weighted by molar-refractivity contribution is -0.137. The maximum absolute atomic E-state index is 13.3. The Kier molecular flexibility index (Phi) is 4.19. The van der Waals surface area contributed by atoms with E-state index < -0.39 is 11.7 Å². The number of rotatable bonds is 2. The Labute approximate surface area is 148 Å². The van der Waals surface area contributed by atoms with Gasteiger partial charge in [0.15, 0.2) is 0 Å². The van der Waals surface area contributed by atoms with Crippen molar-refractivity contribution in [2.24, 2.45) is 0 Å². The Hall–Kier alpha value is -2.41. The van der Waals surface area contributed by atoms with Crippen LogP contribution in [0.5, 0.6) is 0 Å². The van der Waals surface area contributed by atoms with Crippen LogP contribution in [0.1, 0.15) is 37.1 Å². The summed E-state index contributed by atoms with van der Waals surface area (Å²) in [7, 11) is 0. The molecule has 3 aromatic rings. The smallest absolute Gasteiger partial charge is 0.352 e. The third-order valence-electron chi connectivity index (χ3n) is 4.90. The highest BCUT2D eigenvalue weighted by Crippen LogP contribution is 2.37. The van der Waals surface area contributed by atoms with Crippen molar-refractivity contribution in [2.45, 2.75) is 37.9 Å². The Bertz CT molecular complexity index is 932. The quantitative estimate of drug-likeness (QED) is 0.707. The Morgan fingerprint density at radius 1 is 1.19 bits per heavy atom. The van der Waals surface area contributed by atoms with Crippen LogP contribution >= 0.6 is 0 Å². The van der Waals surface area contributed by atoms with Gasteiger partial charge in [-0.2, -0.15) is 13.2 Å². The molecule has 26 heavy (non-hydrogen) atoms. The van der Waals surface area contributed by atoms with Crippen LogP contribution in [-0.4, -0.2) is 27.5 Å². The van der Waals surface area contributed by atoms with Gasteiger partial charge in [-0.3, -0.25) is 0 Å².